The maximum atomic E-state index is 4.62. The third kappa shape index (κ3) is 2.59. The van der Waals surface area contributed by atoms with Crippen LogP contribution in [0.1, 0.15) is 12.8 Å². The predicted molar refractivity (Wildman–Crippen MR) is 104 cm³/mol. The Morgan fingerprint density at radius 1 is 1.08 bits per heavy atom. The third-order valence-corrected chi connectivity index (χ3v) is 5.44. The molecule has 2 fully saturated rings. The number of pyridine rings is 1. The molecule has 0 aromatic carbocycles. The summed E-state index contributed by atoms with van der Waals surface area (Å²) in [7, 11) is 3.99. The molecule has 2 aliphatic heterocycles. The standard InChI is InChI=1S/C19H23N7/c1-25(2)17-6-3-12(8-20-17)16-7-15-18(24-16)21-11-22-19(15)26-9-13-4-5-14(10-26)23-13/h3,6-8,11,13-14,23H,4-5,9-10H2,1-2H3,(H,21,22,24). The minimum atomic E-state index is 0.583. The molecule has 7 heteroatoms. The lowest BCUT2D eigenvalue weighted by molar-refractivity contribution is 0.464. The SMILES string of the molecule is CN(C)c1ccc(-c2cc3c(N4CC5CCC(C4)N5)ncnc3[nH]2)cn1. The summed E-state index contributed by atoms with van der Waals surface area (Å²) in [6, 6.07) is 7.44. The van der Waals surface area contributed by atoms with E-state index in [1.807, 2.05) is 31.3 Å². The smallest absolute Gasteiger partial charge is 0.143 e. The van der Waals surface area contributed by atoms with Gasteiger partial charge < -0.3 is 20.1 Å². The molecule has 0 saturated carbocycles. The largest absolute Gasteiger partial charge is 0.363 e. The minimum Gasteiger partial charge on any atom is -0.363 e. The van der Waals surface area contributed by atoms with Crippen molar-refractivity contribution < 1.29 is 0 Å². The Labute approximate surface area is 152 Å². The van der Waals surface area contributed by atoms with Crippen molar-refractivity contribution in [2.24, 2.45) is 0 Å². The first-order valence-electron chi connectivity index (χ1n) is 9.16. The van der Waals surface area contributed by atoms with Crippen molar-refractivity contribution >= 4 is 22.7 Å². The first-order chi connectivity index (χ1) is 12.7. The molecule has 2 atom stereocenters. The molecule has 2 unspecified atom stereocenters. The zero-order valence-electron chi connectivity index (χ0n) is 15.1. The molecule has 5 rings (SSSR count). The van der Waals surface area contributed by atoms with E-state index in [2.05, 4.69) is 42.3 Å². The van der Waals surface area contributed by atoms with E-state index in [4.69, 9.17) is 0 Å². The van der Waals surface area contributed by atoms with Gasteiger partial charge in [-0.15, -0.1) is 0 Å². The lowest BCUT2D eigenvalue weighted by atomic mass is 10.2. The predicted octanol–water partition coefficient (Wildman–Crippen LogP) is 2.03. The number of piperazine rings is 1. The van der Waals surface area contributed by atoms with Crippen molar-refractivity contribution in [2.75, 3.05) is 37.0 Å². The third-order valence-electron chi connectivity index (χ3n) is 5.44. The number of hydrogen-bond acceptors (Lipinski definition) is 6. The lowest BCUT2D eigenvalue weighted by Gasteiger charge is -2.33. The summed E-state index contributed by atoms with van der Waals surface area (Å²) in [5.74, 6) is 1.98. The first kappa shape index (κ1) is 15.6. The molecule has 2 saturated heterocycles. The van der Waals surface area contributed by atoms with Gasteiger partial charge in [0.2, 0.25) is 0 Å². The number of H-pyrrole nitrogens is 1. The zero-order chi connectivity index (χ0) is 17.7. The highest BCUT2D eigenvalue weighted by molar-refractivity contribution is 5.92. The Hall–Kier alpha value is -2.67. The van der Waals surface area contributed by atoms with E-state index in [-0.39, 0.29) is 0 Å². The van der Waals surface area contributed by atoms with Crippen molar-refractivity contribution in [3.05, 3.63) is 30.7 Å². The number of aromatic nitrogens is 4. The van der Waals surface area contributed by atoms with Crippen LogP contribution in [0.3, 0.4) is 0 Å². The van der Waals surface area contributed by atoms with Gasteiger partial charge in [-0.05, 0) is 31.0 Å². The molecule has 3 aromatic heterocycles. The number of anilines is 2. The van der Waals surface area contributed by atoms with Gasteiger partial charge in [-0.1, -0.05) is 0 Å². The van der Waals surface area contributed by atoms with Gasteiger partial charge in [0.15, 0.2) is 0 Å². The number of aromatic amines is 1. The number of fused-ring (bicyclic) bond motifs is 3. The number of hydrogen-bond donors (Lipinski definition) is 2. The van der Waals surface area contributed by atoms with Crippen molar-refractivity contribution in [2.45, 2.75) is 24.9 Å². The van der Waals surface area contributed by atoms with Gasteiger partial charge >= 0.3 is 0 Å². The van der Waals surface area contributed by atoms with E-state index in [1.54, 1.807) is 6.33 Å². The van der Waals surface area contributed by atoms with E-state index >= 15 is 0 Å². The highest BCUT2D eigenvalue weighted by Gasteiger charge is 2.33. The molecule has 134 valence electrons. The van der Waals surface area contributed by atoms with Crippen LogP contribution in [0, 0.1) is 0 Å². The lowest BCUT2D eigenvalue weighted by Crippen LogP contribution is -2.51. The van der Waals surface area contributed by atoms with Crippen LogP contribution in [0.15, 0.2) is 30.7 Å². The molecule has 2 bridgehead atoms. The Balaban J connectivity index is 1.51. The van der Waals surface area contributed by atoms with Crippen molar-refractivity contribution in [3.8, 4) is 11.3 Å². The molecule has 0 aliphatic carbocycles. The second-order valence-corrected chi connectivity index (χ2v) is 7.48. The van der Waals surface area contributed by atoms with Crippen LogP contribution in [0.5, 0.6) is 0 Å². The summed E-state index contributed by atoms with van der Waals surface area (Å²) in [5, 5.41) is 4.76. The number of rotatable bonds is 3. The fourth-order valence-corrected chi connectivity index (χ4v) is 4.11. The Morgan fingerprint density at radius 2 is 1.88 bits per heavy atom. The van der Waals surface area contributed by atoms with Crippen LogP contribution >= 0.6 is 0 Å². The Bertz CT molecular complexity index is 919. The van der Waals surface area contributed by atoms with Gasteiger partial charge in [0, 0.05) is 56.7 Å². The van der Waals surface area contributed by atoms with Gasteiger partial charge in [-0.25, -0.2) is 15.0 Å². The van der Waals surface area contributed by atoms with Crippen LogP contribution in [-0.4, -0.2) is 59.2 Å². The minimum absolute atomic E-state index is 0.583. The fraction of sp³-hybridized carbons (Fsp3) is 0.421. The van der Waals surface area contributed by atoms with Gasteiger partial charge in [-0.2, -0.15) is 0 Å². The van der Waals surface area contributed by atoms with E-state index in [1.165, 1.54) is 12.8 Å². The molecule has 7 nitrogen and oxygen atoms in total. The van der Waals surface area contributed by atoms with Crippen LogP contribution in [-0.2, 0) is 0 Å². The molecular formula is C19H23N7. The summed E-state index contributed by atoms with van der Waals surface area (Å²) in [4.78, 5) is 21.4. The van der Waals surface area contributed by atoms with Crippen LogP contribution in [0.4, 0.5) is 11.6 Å². The second-order valence-electron chi connectivity index (χ2n) is 7.48. The average molecular weight is 349 g/mol. The van der Waals surface area contributed by atoms with Gasteiger partial charge in [-0.3, -0.25) is 0 Å². The van der Waals surface area contributed by atoms with Crippen molar-refractivity contribution in [3.63, 3.8) is 0 Å². The quantitative estimate of drug-likeness (QED) is 0.754. The van der Waals surface area contributed by atoms with E-state index in [0.717, 1.165) is 47.0 Å². The highest BCUT2D eigenvalue weighted by atomic mass is 15.3. The number of nitrogens with zero attached hydrogens (tertiary/aromatic N) is 5. The molecule has 2 aliphatic rings. The normalized spacial score (nSPS) is 22.2. The van der Waals surface area contributed by atoms with E-state index in [0.29, 0.717) is 12.1 Å². The molecule has 5 heterocycles. The summed E-state index contributed by atoms with van der Waals surface area (Å²) < 4.78 is 0. The summed E-state index contributed by atoms with van der Waals surface area (Å²) in [5.41, 5.74) is 2.96. The van der Waals surface area contributed by atoms with Crippen molar-refractivity contribution in [1.29, 1.82) is 0 Å². The van der Waals surface area contributed by atoms with Gasteiger partial charge in [0.25, 0.3) is 0 Å². The van der Waals surface area contributed by atoms with Crippen molar-refractivity contribution in [1.82, 2.24) is 25.3 Å². The summed E-state index contributed by atoms with van der Waals surface area (Å²) >= 11 is 0. The topological polar surface area (TPSA) is 73.0 Å². The Kier molecular flexibility index (Phi) is 3.56. The van der Waals surface area contributed by atoms with E-state index < -0.39 is 0 Å². The maximum absolute atomic E-state index is 4.62. The molecule has 0 radical (unpaired) electrons. The van der Waals surface area contributed by atoms with Crippen LogP contribution < -0.4 is 15.1 Å². The molecule has 3 aromatic rings. The first-order valence-corrected chi connectivity index (χ1v) is 9.16. The molecule has 0 spiro atoms. The molecule has 2 N–H and O–H groups in total. The summed E-state index contributed by atoms with van der Waals surface area (Å²) in [6.45, 7) is 2.03. The molecular weight excluding hydrogens is 326 g/mol. The van der Waals surface area contributed by atoms with Gasteiger partial charge in [0.05, 0.1) is 5.39 Å². The van der Waals surface area contributed by atoms with Crippen LogP contribution in [0.2, 0.25) is 0 Å². The monoisotopic (exact) mass is 349 g/mol. The van der Waals surface area contributed by atoms with E-state index in [9.17, 15) is 0 Å². The van der Waals surface area contributed by atoms with Crippen LogP contribution in [0.25, 0.3) is 22.3 Å². The Morgan fingerprint density at radius 3 is 2.58 bits per heavy atom. The zero-order valence-corrected chi connectivity index (χ0v) is 15.1. The highest BCUT2D eigenvalue weighted by Crippen LogP contribution is 2.31. The molecule has 26 heavy (non-hydrogen) atoms. The second kappa shape index (κ2) is 5.95. The number of nitrogens with one attached hydrogen (secondary N) is 2. The fourth-order valence-electron chi connectivity index (χ4n) is 4.11. The average Bonchev–Trinajstić information content (AvgIpc) is 3.24. The van der Waals surface area contributed by atoms with Gasteiger partial charge in [0.1, 0.15) is 23.6 Å². The maximum Gasteiger partial charge on any atom is 0.143 e. The summed E-state index contributed by atoms with van der Waals surface area (Å²) in [6.07, 6.45) is 6.09. The molecule has 0 amide bonds.